The van der Waals surface area contributed by atoms with E-state index in [1.807, 2.05) is 56.1 Å². The van der Waals surface area contributed by atoms with Crippen LogP contribution >= 0.6 is 23.2 Å². The maximum absolute atomic E-state index is 9.58. The standard InChI is InChI=1S/C25H33Cl2N3O4.C2H6/c1-17-23(15-31)28-29-30(17)11-4-12-33-21-8-5-18(6-9-21)25(2,3)19-7-10-24(22(27)13-19)34-16-20(32)14-26;1-2/h5-10,13,20,28-29,31-32H,4,11-12,14-16H2,1-3H3;1-2H3. The Morgan fingerprint density at radius 2 is 1.72 bits per heavy atom. The number of aliphatic hydroxyl groups excluding tert-OH is 2. The average Bonchev–Trinajstić information content (AvgIpc) is 3.26. The SMILES string of the molecule is CC.CC1=C(CO)NNN1CCCOc1ccc(C(C)(C)c2ccc(OCC(O)CCl)c(Cl)c2)cc1. The second-order valence-corrected chi connectivity index (χ2v) is 9.44. The van der Waals surface area contributed by atoms with Gasteiger partial charge in [0.1, 0.15) is 24.2 Å². The van der Waals surface area contributed by atoms with Crippen molar-refractivity contribution < 1.29 is 19.7 Å². The van der Waals surface area contributed by atoms with Crippen molar-refractivity contribution in [3.8, 4) is 11.5 Å². The Bertz CT molecular complexity index is 983. The van der Waals surface area contributed by atoms with Crippen LogP contribution in [0.5, 0.6) is 11.5 Å². The predicted molar refractivity (Wildman–Crippen MR) is 146 cm³/mol. The van der Waals surface area contributed by atoms with Gasteiger partial charge in [-0.25, -0.2) is 0 Å². The van der Waals surface area contributed by atoms with Crippen LogP contribution in [-0.4, -0.2) is 53.6 Å². The minimum absolute atomic E-state index is 0.0165. The third-order valence-electron chi connectivity index (χ3n) is 5.98. The summed E-state index contributed by atoms with van der Waals surface area (Å²) < 4.78 is 11.5. The molecule has 200 valence electrons. The van der Waals surface area contributed by atoms with Crippen molar-refractivity contribution in [2.45, 2.75) is 52.6 Å². The van der Waals surface area contributed by atoms with E-state index in [-0.39, 0.29) is 24.5 Å². The molecule has 2 aromatic rings. The monoisotopic (exact) mass is 539 g/mol. The molecular formula is C27H39Cl2N3O4. The summed E-state index contributed by atoms with van der Waals surface area (Å²) in [5.41, 5.74) is 9.66. The number of nitrogens with zero attached hydrogens (tertiary/aromatic N) is 1. The van der Waals surface area contributed by atoms with Crippen LogP contribution in [0.1, 0.15) is 52.2 Å². The van der Waals surface area contributed by atoms with Gasteiger partial charge in [-0.3, -0.25) is 5.01 Å². The molecule has 7 nitrogen and oxygen atoms in total. The summed E-state index contributed by atoms with van der Waals surface area (Å²) in [6.45, 7) is 11.7. The lowest BCUT2D eigenvalue weighted by atomic mass is 9.78. The molecule has 4 N–H and O–H groups in total. The van der Waals surface area contributed by atoms with Crippen molar-refractivity contribution in [2.24, 2.45) is 0 Å². The molecule has 2 aromatic carbocycles. The van der Waals surface area contributed by atoms with E-state index in [1.54, 1.807) is 0 Å². The van der Waals surface area contributed by atoms with Gasteiger partial charge in [-0.05, 0) is 42.3 Å². The zero-order chi connectivity index (χ0) is 26.7. The topological polar surface area (TPSA) is 86.2 Å². The highest BCUT2D eigenvalue weighted by atomic mass is 35.5. The average molecular weight is 541 g/mol. The molecule has 36 heavy (non-hydrogen) atoms. The molecule has 0 spiro atoms. The maximum atomic E-state index is 9.58. The van der Waals surface area contributed by atoms with Crippen molar-refractivity contribution in [1.82, 2.24) is 16.0 Å². The van der Waals surface area contributed by atoms with Gasteiger partial charge in [-0.1, -0.05) is 57.5 Å². The van der Waals surface area contributed by atoms with E-state index in [2.05, 4.69) is 36.9 Å². The van der Waals surface area contributed by atoms with E-state index in [0.717, 1.165) is 41.2 Å². The Balaban J connectivity index is 0.00000222. The van der Waals surface area contributed by atoms with Gasteiger partial charge >= 0.3 is 0 Å². The Kier molecular flexibility index (Phi) is 12.1. The van der Waals surface area contributed by atoms with Crippen LogP contribution < -0.4 is 20.4 Å². The number of allylic oxidation sites excluding steroid dienone is 1. The molecule has 0 aliphatic carbocycles. The quantitative estimate of drug-likeness (QED) is 0.223. The van der Waals surface area contributed by atoms with Crippen LogP contribution in [-0.2, 0) is 5.41 Å². The summed E-state index contributed by atoms with van der Waals surface area (Å²) in [6.07, 6.45) is 0.0934. The van der Waals surface area contributed by atoms with E-state index in [4.69, 9.17) is 32.7 Å². The minimum Gasteiger partial charge on any atom is -0.494 e. The lowest BCUT2D eigenvalue weighted by Crippen LogP contribution is -2.38. The molecule has 3 rings (SSSR count). The second-order valence-electron chi connectivity index (χ2n) is 8.73. The van der Waals surface area contributed by atoms with Crippen LogP contribution in [0.3, 0.4) is 0 Å². The molecule has 1 heterocycles. The fraction of sp³-hybridized carbons (Fsp3) is 0.481. The summed E-state index contributed by atoms with van der Waals surface area (Å²) in [5.74, 6) is 1.44. The van der Waals surface area contributed by atoms with Crippen LogP contribution in [0.15, 0.2) is 53.9 Å². The highest BCUT2D eigenvalue weighted by molar-refractivity contribution is 6.32. The van der Waals surface area contributed by atoms with Crippen molar-refractivity contribution in [2.75, 3.05) is 32.2 Å². The number of aliphatic hydroxyl groups is 2. The van der Waals surface area contributed by atoms with Crippen LogP contribution in [0.25, 0.3) is 0 Å². The largest absolute Gasteiger partial charge is 0.494 e. The lowest BCUT2D eigenvalue weighted by Gasteiger charge is -2.27. The molecule has 0 aromatic heterocycles. The molecule has 0 bridgehead atoms. The second kappa shape index (κ2) is 14.5. The lowest BCUT2D eigenvalue weighted by molar-refractivity contribution is 0.125. The van der Waals surface area contributed by atoms with Crippen molar-refractivity contribution in [3.63, 3.8) is 0 Å². The van der Waals surface area contributed by atoms with Crippen LogP contribution in [0.4, 0.5) is 0 Å². The molecule has 1 atom stereocenters. The molecule has 1 aliphatic heterocycles. The van der Waals surface area contributed by atoms with E-state index < -0.39 is 6.10 Å². The number of nitrogens with one attached hydrogen (secondary N) is 2. The summed E-state index contributed by atoms with van der Waals surface area (Å²) in [7, 11) is 0. The Morgan fingerprint density at radius 1 is 1.06 bits per heavy atom. The fourth-order valence-corrected chi connectivity index (χ4v) is 3.96. The number of rotatable bonds is 12. The van der Waals surface area contributed by atoms with E-state index in [1.165, 1.54) is 0 Å². The Hall–Kier alpha value is -2.16. The number of hydrogen-bond acceptors (Lipinski definition) is 7. The van der Waals surface area contributed by atoms with Crippen molar-refractivity contribution in [3.05, 3.63) is 70.0 Å². The number of hydrazine groups is 2. The summed E-state index contributed by atoms with van der Waals surface area (Å²) in [4.78, 5) is 0. The van der Waals surface area contributed by atoms with Crippen LogP contribution in [0.2, 0.25) is 5.02 Å². The van der Waals surface area contributed by atoms with E-state index in [9.17, 15) is 10.2 Å². The third kappa shape index (κ3) is 7.92. The van der Waals surface area contributed by atoms with Crippen LogP contribution in [0, 0.1) is 0 Å². The molecule has 0 saturated carbocycles. The molecule has 1 unspecified atom stereocenters. The summed E-state index contributed by atoms with van der Waals surface area (Å²) in [6, 6.07) is 13.8. The first-order valence-electron chi connectivity index (χ1n) is 12.3. The normalized spacial score (nSPS) is 14.2. The zero-order valence-electron chi connectivity index (χ0n) is 21.8. The van der Waals surface area contributed by atoms with E-state index in [0.29, 0.717) is 17.4 Å². The van der Waals surface area contributed by atoms with Gasteiger partial charge in [0.15, 0.2) is 0 Å². The molecular weight excluding hydrogens is 501 g/mol. The number of ether oxygens (including phenoxy) is 2. The summed E-state index contributed by atoms with van der Waals surface area (Å²) in [5, 5.41) is 21.3. The first-order chi connectivity index (χ1) is 17.3. The minimum atomic E-state index is -0.733. The molecule has 0 fully saturated rings. The van der Waals surface area contributed by atoms with E-state index >= 15 is 0 Å². The summed E-state index contributed by atoms with van der Waals surface area (Å²) >= 11 is 12.0. The molecule has 0 radical (unpaired) electrons. The van der Waals surface area contributed by atoms with Gasteiger partial charge in [0.2, 0.25) is 0 Å². The van der Waals surface area contributed by atoms with Gasteiger partial charge in [-0.2, -0.15) is 0 Å². The first-order valence-corrected chi connectivity index (χ1v) is 13.2. The maximum Gasteiger partial charge on any atom is 0.138 e. The molecule has 1 aliphatic rings. The van der Waals surface area contributed by atoms with Crippen molar-refractivity contribution >= 4 is 23.2 Å². The van der Waals surface area contributed by atoms with Gasteiger partial charge in [0, 0.05) is 18.4 Å². The number of benzene rings is 2. The number of alkyl halides is 1. The van der Waals surface area contributed by atoms with Gasteiger partial charge in [-0.15, -0.1) is 17.1 Å². The van der Waals surface area contributed by atoms with Gasteiger partial charge in [0.05, 0.1) is 35.5 Å². The Morgan fingerprint density at radius 3 is 2.31 bits per heavy atom. The Labute approximate surface area is 224 Å². The third-order valence-corrected chi connectivity index (χ3v) is 6.63. The van der Waals surface area contributed by atoms with Gasteiger partial charge < -0.3 is 25.1 Å². The smallest absolute Gasteiger partial charge is 0.138 e. The molecule has 9 heteroatoms. The number of hydrogen-bond donors (Lipinski definition) is 4. The first kappa shape index (κ1) is 30.1. The predicted octanol–water partition coefficient (Wildman–Crippen LogP) is 4.99. The highest BCUT2D eigenvalue weighted by Gasteiger charge is 2.24. The van der Waals surface area contributed by atoms with Crippen molar-refractivity contribution in [1.29, 1.82) is 0 Å². The molecule has 0 saturated heterocycles. The molecule has 0 amide bonds. The highest BCUT2D eigenvalue weighted by Crippen LogP contribution is 2.36. The fourth-order valence-electron chi connectivity index (χ4n) is 3.63. The zero-order valence-corrected chi connectivity index (χ0v) is 23.3. The van der Waals surface area contributed by atoms with Gasteiger partial charge in [0.25, 0.3) is 0 Å². The number of halogens is 2.